The lowest BCUT2D eigenvalue weighted by Crippen LogP contribution is -2.22. The van der Waals surface area contributed by atoms with Gasteiger partial charge in [-0.1, -0.05) is 48.9 Å². The van der Waals surface area contributed by atoms with Crippen LogP contribution >= 0.6 is 11.6 Å². The summed E-state index contributed by atoms with van der Waals surface area (Å²) in [5, 5.41) is 3.56. The minimum Gasteiger partial charge on any atom is -0.348 e. The number of nitrogens with one attached hydrogen (secondary N) is 1. The van der Waals surface area contributed by atoms with E-state index in [1.807, 2.05) is 47.0 Å². The quantitative estimate of drug-likeness (QED) is 0.511. The molecule has 5 heteroatoms. The molecule has 0 radical (unpaired) electrons. The highest BCUT2D eigenvalue weighted by atomic mass is 35.5. The molecule has 1 amide bonds. The van der Waals surface area contributed by atoms with Gasteiger partial charge in [-0.2, -0.15) is 0 Å². The van der Waals surface area contributed by atoms with Gasteiger partial charge in [-0.15, -0.1) is 0 Å². The predicted molar refractivity (Wildman–Crippen MR) is 113 cm³/mol. The Balaban J connectivity index is 1.55. The monoisotopic (exact) mass is 389 g/mol. The van der Waals surface area contributed by atoms with E-state index in [4.69, 9.17) is 11.6 Å². The van der Waals surface area contributed by atoms with Crippen LogP contribution in [0.5, 0.6) is 0 Å². The average Bonchev–Trinajstić information content (AvgIpc) is 3.16. The fourth-order valence-electron chi connectivity index (χ4n) is 3.17. The van der Waals surface area contributed by atoms with Crippen LogP contribution in [0.2, 0.25) is 5.02 Å². The molecule has 1 aromatic heterocycles. The fraction of sp³-hybridized carbons (Fsp3) is 0.130. The first kappa shape index (κ1) is 18.3. The molecule has 4 rings (SSSR count). The number of rotatable bonds is 5. The number of nitrogens with zero attached hydrogens (tertiary/aromatic N) is 2. The first-order valence-electron chi connectivity index (χ1n) is 9.23. The molecule has 0 aliphatic carbocycles. The third kappa shape index (κ3) is 3.64. The summed E-state index contributed by atoms with van der Waals surface area (Å²) in [5.41, 5.74) is 5.56. The maximum atomic E-state index is 12.5. The highest BCUT2D eigenvalue weighted by Crippen LogP contribution is 2.20. The summed E-state index contributed by atoms with van der Waals surface area (Å²) in [4.78, 5) is 17.0. The maximum absolute atomic E-state index is 12.5. The Hall–Kier alpha value is -3.11. The van der Waals surface area contributed by atoms with Gasteiger partial charge in [0.15, 0.2) is 0 Å². The van der Waals surface area contributed by atoms with E-state index in [9.17, 15) is 4.79 Å². The molecule has 0 bridgehead atoms. The molecule has 1 heterocycles. The zero-order valence-corrected chi connectivity index (χ0v) is 16.3. The van der Waals surface area contributed by atoms with Gasteiger partial charge in [-0.25, -0.2) is 4.98 Å². The van der Waals surface area contributed by atoms with Crippen LogP contribution in [0.1, 0.15) is 28.4 Å². The van der Waals surface area contributed by atoms with Crippen molar-refractivity contribution in [3.8, 4) is 5.69 Å². The van der Waals surface area contributed by atoms with Crippen molar-refractivity contribution in [1.29, 1.82) is 0 Å². The van der Waals surface area contributed by atoms with Crippen molar-refractivity contribution in [2.24, 2.45) is 0 Å². The van der Waals surface area contributed by atoms with Gasteiger partial charge in [0.1, 0.15) is 6.33 Å². The van der Waals surface area contributed by atoms with Crippen LogP contribution in [-0.4, -0.2) is 15.5 Å². The molecule has 4 aromatic rings. The molecule has 4 nitrogen and oxygen atoms in total. The second-order valence-electron chi connectivity index (χ2n) is 6.61. The van der Waals surface area contributed by atoms with Crippen LogP contribution in [0.4, 0.5) is 0 Å². The van der Waals surface area contributed by atoms with Crippen molar-refractivity contribution in [2.45, 2.75) is 19.9 Å². The third-order valence-corrected chi connectivity index (χ3v) is 5.20. The number of fused-ring (bicyclic) bond motifs is 1. The van der Waals surface area contributed by atoms with E-state index in [0.717, 1.165) is 28.7 Å². The van der Waals surface area contributed by atoms with Gasteiger partial charge in [0.05, 0.1) is 11.0 Å². The van der Waals surface area contributed by atoms with E-state index < -0.39 is 0 Å². The lowest BCUT2D eigenvalue weighted by molar-refractivity contribution is 0.0951. The lowest BCUT2D eigenvalue weighted by Gasteiger charge is -2.08. The van der Waals surface area contributed by atoms with Crippen molar-refractivity contribution in [1.82, 2.24) is 14.9 Å². The summed E-state index contributed by atoms with van der Waals surface area (Å²) in [6, 6.07) is 21.5. The Bertz CT molecular complexity index is 1130. The van der Waals surface area contributed by atoms with Crippen LogP contribution < -0.4 is 5.32 Å². The van der Waals surface area contributed by atoms with Crippen molar-refractivity contribution >= 4 is 28.5 Å². The van der Waals surface area contributed by atoms with E-state index >= 15 is 0 Å². The summed E-state index contributed by atoms with van der Waals surface area (Å²) < 4.78 is 2.03. The van der Waals surface area contributed by atoms with Gasteiger partial charge in [-0.3, -0.25) is 9.36 Å². The van der Waals surface area contributed by atoms with Crippen LogP contribution in [0, 0.1) is 0 Å². The van der Waals surface area contributed by atoms with Crippen LogP contribution in [0.3, 0.4) is 0 Å². The number of imidazole rings is 1. The molecule has 3 aromatic carbocycles. The first-order chi connectivity index (χ1) is 13.7. The van der Waals surface area contributed by atoms with Gasteiger partial charge in [0, 0.05) is 22.8 Å². The van der Waals surface area contributed by atoms with Crippen molar-refractivity contribution in [3.63, 3.8) is 0 Å². The number of hydrogen-bond acceptors (Lipinski definition) is 2. The number of carbonyl (C=O) groups is 1. The first-order valence-corrected chi connectivity index (χ1v) is 9.61. The predicted octanol–water partition coefficient (Wildman–Crippen LogP) is 5.17. The number of aromatic nitrogens is 2. The lowest BCUT2D eigenvalue weighted by atomic mass is 10.1. The number of carbonyl (C=O) groups excluding carboxylic acids is 1. The van der Waals surface area contributed by atoms with Gasteiger partial charge in [0.25, 0.3) is 5.91 Å². The Morgan fingerprint density at radius 2 is 1.86 bits per heavy atom. The second-order valence-corrected chi connectivity index (χ2v) is 7.02. The molecule has 0 aliphatic heterocycles. The van der Waals surface area contributed by atoms with E-state index in [0.29, 0.717) is 17.1 Å². The Morgan fingerprint density at radius 1 is 1.07 bits per heavy atom. The van der Waals surface area contributed by atoms with Crippen LogP contribution in [0.15, 0.2) is 73.1 Å². The molecule has 0 saturated carbocycles. The number of benzene rings is 3. The SMILES string of the molecule is CCc1ccc(-n2cnc3cc(C(=O)NCc4ccccc4Cl)ccc32)cc1. The zero-order valence-electron chi connectivity index (χ0n) is 15.5. The third-order valence-electron chi connectivity index (χ3n) is 4.83. The molecule has 28 heavy (non-hydrogen) atoms. The van der Waals surface area contributed by atoms with Crippen LogP contribution in [0.25, 0.3) is 16.7 Å². The summed E-state index contributed by atoms with van der Waals surface area (Å²) >= 11 is 6.15. The van der Waals surface area contributed by atoms with Crippen molar-refractivity contribution < 1.29 is 4.79 Å². The minimum absolute atomic E-state index is 0.149. The smallest absolute Gasteiger partial charge is 0.251 e. The second kappa shape index (κ2) is 7.87. The summed E-state index contributed by atoms with van der Waals surface area (Å²) in [6.07, 6.45) is 2.80. The molecule has 140 valence electrons. The number of amides is 1. The number of aryl methyl sites for hydroxylation is 1. The normalized spacial score (nSPS) is 10.9. The fourth-order valence-corrected chi connectivity index (χ4v) is 3.37. The van der Waals surface area contributed by atoms with E-state index in [1.54, 1.807) is 6.33 Å². The molecule has 1 N–H and O–H groups in total. The van der Waals surface area contributed by atoms with E-state index in [2.05, 4.69) is 41.5 Å². The average molecular weight is 390 g/mol. The minimum atomic E-state index is -0.149. The van der Waals surface area contributed by atoms with Crippen LogP contribution in [-0.2, 0) is 13.0 Å². The molecule has 0 atom stereocenters. The highest BCUT2D eigenvalue weighted by Gasteiger charge is 2.11. The van der Waals surface area contributed by atoms with Crippen molar-refractivity contribution in [2.75, 3.05) is 0 Å². The van der Waals surface area contributed by atoms with Gasteiger partial charge < -0.3 is 5.32 Å². The molecule has 0 aliphatic rings. The molecule has 0 spiro atoms. The summed E-state index contributed by atoms with van der Waals surface area (Å²) in [7, 11) is 0. The largest absolute Gasteiger partial charge is 0.348 e. The number of hydrogen-bond donors (Lipinski definition) is 1. The van der Waals surface area contributed by atoms with E-state index in [-0.39, 0.29) is 5.91 Å². The Labute approximate surface area is 168 Å². The molecular weight excluding hydrogens is 370 g/mol. The summed E-state index contributed by atoms with van der Waals surface area (Å²) in [5.74, 6) is -0.149. The van der Waals surface area contributed by atoms with Gasteiger partial charge >= 0.3 is 0 Å². The Morgan fingerprint density at radius 3 is 2.61 bits per heavy atom. The highest BCUT2D eigenvalue weighted by molar-refractivity contribution is 6.31. The Kier molecular flexibility index (Phi) is 5.13. The molecular formula is C23H20ClN3O. The molecule has 0 unspecified atom stereocenters. The standard InChI is InChI=1S/C23H20ClN3O/c1-2-16-7-10-19(11-8-16)27-15-26-21-13-17(9-12-22(21)27)23(28)25-14-18-5-3-4-6-20(18)24/h3-13,15H,2,14H2,1H3,(H,25,28). The van der Waals surface area contributed by atoms with Crippen molar-refractivity contribution in [3.05, 3.63) is 94.8 Å². The van der Waals surface area contributed by atoms with Gasteiger partial charge in [-0.05, 0) is 53.9 Å². The maximum Gasteiger partial charge on any atom is 0.251 e. The molecule has 0 saturated heterocycles. The van der Waals surface area contributed by atoms with E-state index in [1.165, 1.54) is 5.56 Å². The zero-order chi connectivity index (χ0) is 19.5. The topological polar surface area (TPSA) is 46.9 Å². The number of halogens is 1. The van der Waals surface area contributed by atoms with Gasteiger partial charge in [0.2, 0.25) is 0 Å². The molecule has 0 fully saturated rings. The summed E-state index contributed by atoms with van der Waals surface area (Å²) in [6.45, 7) is 2.52.